The Bertz CT molecular complexity index is 2710. The minimum absolute atomic E-state index is 0.0290. The molecule has 1 aliphatic rings. The molecule has 2 atom stereocenters. The molecule has 0 saturated carbocycles. The molecule has 0 aliphatic carbocycles. The van der Waals surface area contributed by atoms with Crippen LogP contribution in [0.5, 0.6) is 0 Å². The lowest BCUT2D eigenvalue weighted by Crippen LogP contribution is -2.36. The first kappa shape index (κ1) is 52.3. The lowest BCUT2D eigenvalue weighted by molar-refractivity contribution is -0.137. The summed E-state index contributed by atoms with van der Waals surface area (Å²) in [6.45, 7) is 2.28. The van der Waals surface area contributed by atoms with E-state index in [0.29, 0.717) is 75.1 Å². The zero-order valence-corrected chi connectivity index (χ0v) is 40.4. The fourth-order valence-electron chi connectivity index (χ4n) is 8.03. The molecule has 0 radical (unpaired) electrons. The van der Waals surface area contributed by atoms with Gasteiger partial charge in [0.05, 0.1) is 16.7 Å². The van der Waals surface area contributed by atoms with Gasteiger partial charge >= 0.3 is 11.5 Å². The largest absolute Gasteiger partial charge is 0.501 e. The minimum atomic E-state index is -6.11. The highest BCUT2D eigenvalue weighted by molar-refractivity contribution is 7.99. The molecule has 19 heteroatoms. The summed E-state index contributed by atoms with van der Waals surface area (Å²) in [4.78, 5) is 26.9. The maximum Gasteiger partial charge on any atom is 0.501 e. The van der Waals surface area contributed by atoms with E-state index in [9.17, 15) is 44.7 Å². The van der Waals surface area contributed by atoms with Gasteiger partial charge in [-0.05, 0) is 142 Å². The Morgan fingerprint density at radius 3 is 2.18 bits per heavy atom. The molecule has 1 aliphatic heterocycles. The van der Waals surface area contributed by atoms with E-state index < -0.39 is 64.9 Å². The van der Waals surface area contributed by atoms with Crippen LogP contribution in [0, 0.1) is 5.92 Å². The summed E-state index contributed by atoms with van der Waals surface area (Å²) in [5.41, 5.74) is -2.87. The fraction of sp³-hybridized carbons (Fsp3) is 0.347. The fourth-order valence-corrected chi connectivity index (χ4v) is 11.2. The van der Waals surface area contributed by atoms with Crippen LogP contribution in [0.4, 0.5) is 24.5 Å². The summed E-state index contributed by atoms with van der Waals surface area (Å²) < 4.78 is 97.9. The van der Waals surface area contributed by atoms with Crippen LogP contribution in [0.25, 0.3) is 11.1 Å². The van der Waals surface area contributed by atoms with Crippen molar-refractivity contribution < 1.29 is 49.8 Å². The first-order valence-corrected chi connectivity index (χ1v) is 26.4. The van der Waals surface area contributed by atoms with E-state index in [0.717, 1.165) is 45.8 Å². The van der Waals surface area contributed by atoms with Gasteiger partial charge in [0.25, 0.3) is 25.8 Å². The zero-order valence-electron chi connectivity index (χ0n) is 37.2. The molecule has 12 nitrogen and oxygen atoms in total. The normalized spacial score (nSPS) is 14.7. The SMILES string of the molecule is CN(CCCCCC(=O)O)CC[C@H](CSc1ccccc1)Nc1ccc(S(=O)(=O)NC(=O)c2ccc(N3CCC([C@@H](O)c4ccccc4-c4ccc(Cl)cc4)CC3)cc2)cc1S(=O)(=O)C(F)(F)F. The topological polar surface area (TPSA) is 173 Å². The molecule has 1 saturated heterocycles. The van der Waals surface area contributed by atoms with E-state index in [-0.39, 0.29) is 17.9 Å². The highest BCUT2D eigenvalue weighted by atomic mass is 35.5. The number of nitrogens with one attached hydrogen (secondary N) is 2. The van der Waals surface area contributed by atoms with Gasteiger partial charge in [-0.3, -0.25) is 9.59 Å². The Morgan fingerprint density at radius 1 is 0.853 bits per heavy atom. The summed E-state index contributed by atoms with van der Waals surface area (Å²) >= 11 is 7.50. The predicted octanol–water partition coefficient (Wildman–Crippen LogP) is 9.91. The molecule has 6 rings (SSSR count). The number of aliphatic hydroxyl groups is 1. The van der Waals surface area contributed by atoms with Gasteiger partial charge in [-0.15, -0.1) is 11.8 Å². The average molecular weight is 1020 g/mol. The summed E-state index contributed by atoms with van der Waals surface area (Å²) in [6, 6.07) is 32.2. The Kier molecular flexibility index (Phi) is 18.0. The van der Waals surface area contributed by atoms with Crippen molar-refractivity contribution in [2.75, 3.05) is 49.2 Å². The van der Waals surface area contributed by atoms with E-state index in [1.807, 2.05) is 83.4 Å². The number of anilines is 2. The summed E-state index contributed by atoms with van der Waals surface area (Å²) in [5.74, 6) is -1.68. The first-order valence-electron chi connectivity index (χ1n) is 22.1. The van der Waals surface area contributed by atoms with Gasteiger partial charge < -0.3 is 25.3 Å². The Morgan fingerprint density at radius 2 is 1.51 bits per heavy atom. The molecule has 1 fully saturated rings. The number of unbranched alkanes of at least 4 members (excludes halogenated alkanes) is 2. The van der Waals surface area contributed by atoms with Crippen LogP contribution in [0.15, 0.2) is 136 Å². The van der Waals surface area contributed by atoms with E-state index in [2.05, 4.69) is 10.2 Å². The van der Waals surface area contributed by atoms with Crippen molar-refractivity contribution in [3.63, 3.8) is 0 Å². The third kappa shape index (κ3) is 14.0. The average Bonchev–Trinajstić information content (AvgIpc) is 3.32. The summed E-state index contributed by atoms with van der Waals surface area (Å²) in [6.07, 6.45) is 2.98. The molecule has 1 amide bonds. The second kappa shape index (κ2) is 23.5. The van der Waals surface area contributed by atoms with Crippen LogP contribution in [0.3, 0.4) is 0 Å². The molecular formula is C49H54ClF3N4O8S3. The van der Waals surface area contributed by atoms with Gasteiger partial charge in [-0.1, -0.05) is 72.6 Å². The molecule has 1 heterocycles. The van der Waals surface area contributed by atoms with Crippen molar-refractivity contribution in [3.8, 4) is 11.1 Å². The number of rotatable bonds is 22. The highest BCUT2D eigenvalue weighted by Crippen LogP contribution is 2.39. The number of aliphatic hydroxyl groups excluding tert-OH is 1. The molecule has 364 valence electrons. The maximum atomic E-state index is 14.2. The lowest BCUT2D eigenvalue weighted by atomic mass is 9.84. The standard InChI is InChI=1S/C49H54ClF3N4O8S3/c1-56(28-9-3-6-14-46(58)59)29-27-38(33-66-40-10-4-2-5-11-40)54-44-24-23-41(32-45(44)67(62,63)49(51,52)53)68(64,65)55-48(61)36-17-21-39(22-18-36)57-30-25-35(26-31-57)47(60)43-13-8-7-12-42(43)34-15-19-37(50)20-16-34/h2,4-5,7-8,10-13,15-24,32,35,38,47,54,60H,3,6,9,14,25-31,33H2,1H3,(H,55,61)(H,58,59)/t38-,47-/m1/s1. The smallest absolute Gasteiger partial charge is 0.481 e. The van der Waals surface area contributed by atoms with Crippen LogP contribution < -0.4 is 14.9 Å². The number of nitrogens with zero attached hydrogens (tertiary/aromatic N) is 2. The molecule has 4 N–H and O–H groups in total. The summed E-state index contributed by atoms with van der Waals surface area (Å²) in [5, 5.41) is 24.0. The molecular weight excluding hydrogens is 961 g/mol. The maximum absolute atomic E-state index is 14.2. The van der Waals surface area contributed by atoms with Crippen molar-refractivity contribution in [2.24, 2.45) is 5.92 Å². The number of sulfone groups is 1. The number of alkyl halides is 3. The number of sulfonamides is 1. The van der Waals surface area contributed by atoms with Gasteiger partial charge in [0.15, 0.2) is 0 Å². The second-order valence-corrected chi connectivity index (χ2v) is 21.8. The van der Waals surface area contributed by atoms with Crippen molar-refractivity contribution in [1.82, 2.24) is 9.62 Å². The number of hydrogen-bond acceptors (Lipinski definition) is 11. The number of halogens is 4. The number of amides is 1. The van der Waals surface area contributed by atoms with Crippen LogP contribution in [-0.4, -0.2) is 94.4 Å². The van der Waals surface area contributed by atoms with Crippen LogP contribution in [-0.2, 0) is 24.7 Å². The highest BCUT2D eigenvalue weighted by Gasteiger charge is 2.48. The molecule has 5 aromatic carbocycles. The lowest BCUT2D eigenvalue weighted by Gasteiger charge is -2.36. The van der Waals surface area contributed by atoms with Gasteiger partial charge in [0.1, 0.15) is 4.90 Å². The van der Waals surface area contributed by atoms with Crippen molar-refractivity contribution in [2.45, 2.75) is 77.3 Å². The van der Waals surface area contributed by atoms with Gasteiger partial charge in [-0.2, -0.15) is 13.2 Å². The number of benzene rings is 5. The monoisotopic (exact) mass is 1010 g/mol. The number of piperidine rings is 1. The summed E-state index contributed by atoms with van der Waals surface area (Å²) in [7, 11) is -9.16. The Balaban J connectivity index is 1.12. The molecule has 0 unspecified atom stereocenters. The molecule has 0 aromatic heterocycles. The van der Waals surface area contributed by atoms with E-state index in [1.165, 1.54) is 23.9 Å². The number of carbonyl (C=O) groups excluding carboxylic acids is 1. The minimum Gasteiger partial charge on any atom is -0.481 e. The van der Waals surface area contributed by atoms with E-state index in [4.69, 9.17) is 16.7 Å². The molecule has 5 aromatic rings. The third-order valence-electron chi connectivity index (χ3n) is 11.8. The van der Waals surface area contributed by atoms with Crippen LogP contribution in [0.2, 0.25) is 5.02 Å². The van der Waals surface area contributed by atoms with Crippen molar-refractivity contribution >= 4 is 66.5 Å². The third-order valence-corrected chi connectivity index (χ3v) is 16.1. The van der Waals surface area contributed by atoms with Gasteiger partial charge in [0.2, 0.25) is 0 Å². The molecule has 68 heavy (non-hydrogen) atoms. The number of carboxylic acids is 1. The van der Waals surface area contributed by atoms with Crippen LogP contribution in [0.1, 0.15) is 67.0 Å². The predicted molar refractivity (Wildman–Crippen MR) is 260 cm³/mol. The quantitative estimate of drug-likeness (QED) is 0.0383. The number of carbonyl (C=O) groups is 2. The van der Waals surface area contributed by atoms with E-state index >= 15 is 0 Å². The number of aliphatic carboxylic acids is 1. The Hall–Kier alpha value is -5.11. The van der Waals surface area contributed by atoms with Crippen molar-refractivity contribution in [3.05, 3.63) is 137 Å². The van der Waals surface area contributed by atoms with E-state index in [1.54, 1.807) is 24.3 Å². The van der Waals surface area contributed by atoms with Gasteiger partial charge in [-0.25, -0.2) is 21.6 Å². The first-order chi connectivity index (χ1) is 32.3. The molecule has 0 bridgehead atoms. The van der Waals surface area contributed by atoms with Crippen LogP contribution >= 0.6 is 23.4 Å². The van der Waals surface area contributed by atoms with Crippen molar-refractivity contribution in [1.29, 1.82) is 0 Å². The van der Waals surface area contributed by atoms with Gasteiger partial charge in [0, 0.05) is 52.5 Å². The zero-order chi connectivity index (χ0) is 49.1. The molecule has 0 spiro atoms. The number of hydrogen-bond donors (Lipinski definition) is 4. The number of thioether (sulfide) groups is 1. The Labute approximate surface area is 404 Å². The second-order valence-electron chi connectivity index (χ2n) is 16.7. The number of carboxylic acid groups (broad SMARTS) is 1.